The second-order valence-electron chi connectivity index (χ2n) is 8.05. The van der Waals surface area contributed by atoms with Gasteiger partial charge in [-0.2, -0.15) is 0 Å². The fraction of sp³-hybridized carbons (Fsp3) is 0.625. The van der Waals surface area contributed by atoms with Crippen molar-refractivity contribution in [3.8, 4) is 0 Å². The third-order valence-corrected chi connectivity index (χ3v) is 6.33. The molecule has 4 atom stereocenters. The molecule has 1 saturated carbocycles. The highest BCUT2D eigenvalue weighted by Crippen LogP contribution is 2.44. The molecule has 0 amide bonds. The molecule has 0 heterocycles. The molecule has 1 aliphatic rings. The van der Waals surface area contributed by atoms with E-state index in [1.807, 2.05) is 6.08 Å². The summed E-state index contributed by atoms with van der Waals surface area (Å²) in [6, 6.07) is 8.74. The fourth-order valence-corrected chi connectivity index (χ4v) is 4.67. The molecule has 28 heavy (non-hydrogen) atoms. The normalized spacial score (nSPS) is 24.8. The second-order valence-corrected chi connectivity index (χ2v) is 8.61. The van der Waals surface area contributed by atoms with Crippen LogP contribution in [0.25, 0.3) is 0 Å². The third kappa shape index (κ3) is 7.25. The lowest BCUT2D eigenvalue weighted by Gasteiger charge is -2.23. The Hall–Kier alpha value is -1.32. The molecule has 0 bridgehead atoms. The Morgan fingerprint density at radius 3 is 2.57 bits per heavy atom. The zero-order valence-electron chi connectivity index (χ0n) is 17.0. The molecular weight excluding hydrogens is 372 g/mol. The third-order valence-electron chi connectivity index (χ3n) is 5.83. The van der Waals surface area contributed by atoms with Crippen LogP contribution in [0.4, 0.5) is 0 Å². The predicted molar refractivity (Wildman–Crippen MR) is 116 cm³/mol. The molecule has 0 aliphatic heterocycles. The van der Waals surface area contributed by atoms with Gasteiger partial charge in [0, 0.05) is 17.7 Å². The van der Waals surface area contributed by atoms with E-state index in [2.05, 4.69) is 37.3 Å². The quantitative estimate of drug-likeness (QED) is 0.251. The van der Waals surface area contributed by atoms with Crippen LogP contribution in [0.5, 0.6) is 0 Å². The van der Waals surface area contributed by atoms with Gasteiger partial charge in [0.25, 0.3) is 0 Å². The number of aliphatic hydroxyl groups excluding tert-OH is 1. The van der Waals surface area contributed by atoms with Crippen molar-refractivity contribution in [1.29, 1.82) is 0 Å². The SMILES string of the molecule is CCCCCCc1ccc([C@H]2C(O)C[C@@H](Cl)[C@@H]2C/C=C\CCCC(=O)O)cc1. The molecule has 0 radical (unpaired) electrons. The first-order valence-corrected chi connectivity index (χ1v) is 11.2. The van der Waals surface area contributed by atoms with Crippen LogP contribution in [0.3, 0.4) is 0 Å². The number of aliphatic hydroxyl groups is 1. The molecule has 0 saturated heterocycles. The number of aliphatic carboxylic acids is 1. The van der Waals surface area contributed by atoms with Crippen LogP contribution in [0, 0.1) is 5.92 Å². The van der Waals surface area contributed by atoms with Gasteiger partial charge in [0.2, 0.25) is 0 Å². The summed E-state index contributed by atoms with van der Waals surface area (Å²) in [5, 5.41) is 19.2. The first-order chi connectivity index (χ1) is 13.5. The molecule has 4 heteroatoms. The smallest absolute Gasteiger partial charge is 0.303 e. The molecule has 1 aromatic carbocycles. The molecule has 1 aliphatic carbocycles. The topological polar surface area (TPSA) is 57.5 Å². The largest absolute Gasteiger partial charge is 0.481 e. The minimum absolute atomic E-state index is 0.0302. The van der Waals surface area contributed by atoms with Gasteiger partial charge in [-0.3, -0.25) is 4.79 Å². The first-order valence-electron chi connectivity index (χ1n) is 10.8. The molecule has 3 nitrogen and oxygen atoms in total. The van der Waals surface area contributed by atoms with E-state index in [9.17, 15) is 9.90 Å². The van der Waals surface area contributed by atoms with Gasteiger partial charge in [-0.25, -0.2) is 0 Å². The summed E-state index contributed by atoms with van der Waals surface area (Å²) in [4.78, 5) is 10.6. The van der Waals surface area contributed by atoms with E-state index in [0.717, 1.165) is 19.3 Å². The number of alkyl halides is 1. The summed E-state index contributed by atoms with van der Waals surface area (Å²) in [5.41, 5.74) is 2.54. The van der Waals surface area contributed by atoms with Crippen LogP contribution in [-0.2, 0) is 11.2 Å². The number of aryl methyl sites for hydroxylation is 1. The molecule has 0 aromatic heterocycles. The average Bonchev–Trinajstić information content (AvgIpc) is 2.95. The number of benzene rings is 1. The van der Waals surface area contributed by atoms with Gasteiger partial charge in [0.05, 0.1) is 6.10 Å². The highest BCUT2D eigenvalue weighted by molar-refractivity contribution is 6.21. The highest BCUT2D eigenvalue weighted by Gasteiger charge is 2.41. The number of rotatable bonds is 12. The first kappa shape index (κ1) is 23.0. The second kappa shape index (κ2) is 12.3. The summed E-state index contributed by atoms with van der Waals surface area (Å²) < 4.78 is 0. The van der Waals surface area contributed by atoms with E-state index in [0.29, 0.717) is 12.8 Å². The van der Waals surface area contributed by atoms with E-state index in [-0.39, 0.29) is 23.6 Å². The Balaban J connectivity index is 1.91. The maximum absolute atomic E-state index is 10.6. The minimum Gasteiger partial charge on any atom is -0.481 e. The summed E-state index contributed by atoms with van der Waals surface area (Å²) in [6.07, 6.45) is 13.0. The highest BCUT2D eigenvalue weighted by atomic mass is 35.5. The molecule has 156 valence electrons. The van der Waals surface area contributed by atoms with Crippen LogP contribution < -0.4 is 0 Å². The number of unbranched alkanes of at least 4 members (excludes halogenated alkanes) is 4. The van der Waals surface area contributed by atoms with Gasteiger partial charge in [-0.15, -0.1) is 11.6 Å². The maximum atomic E-state index is 10.6. The zero-order chi connectivity index (χ0) is 20.4. The van der Waals surface area contributed by atoms with Crippen molar-refractivity contribution in [3.05, 3.63) is 47.5 Å². The standard InChI is InChI=1S/C24H35ClO3/c1-2-3-4-7-10-18-13-15-19(16-14-18)24-20(21(25)17-22(24)26)11-8-5-6-9-12-23(27)28/h5,8,13-16,20-22,24,26H,2-4,6-7,9-12,17H2,1H3,(H,27,28)/b8-5-/t20-,21+,22?,24+/m0/s1. The zero-order valence-corrected chi connectivity index (χ0v) is 17.8. The van der Waals surface area contributed by atoms with E-state index in [4.69, 9.17) is 16.7 Å². The van der Waals surface area contributed by atoms with Gasteiger partial charge in [-0.1, -0.05) is 62.6 Å². The van der Waals surface area contributed by atoms with Crippen molar-refractivity contribution in [3.63, 3.8) is 0 Å². The molecular formula is C24H35ClO3. The lowest BCUT2D eigenvalue weighted by molar-refractivity contribution is -0.137. The van der Waals surface area contributed by atoms with Crippen molar-refractivity contribution in [1.82, 2.24) is 0 Å². The lowest BCUT2D eigenvalue weighted by Crippen LogP contribution is -2.18. The number of carboxylic acid groups (broad SMARTS) is 1. The number of hydrogen-bond donors (Lipinski definition) is 2. The predicted octanol–water partition coefficient (Wildman–Crippen LogP) is 6.08. The van der Waals surface area contributed by atoms with Crippen LogP contribution in [-0.4, -0.2) is 27.7 Å². The van der Waals surface area contributed by atoms with Gasteiger partial charge in [0.15, 0.2) is 0 Å². The van der Waals surface area contributed by atoms with Crippen LogP contribution in [0.1, 0.15) is 81.8 Å². The van der Waals surface area contributed by atoms with Crippen LogP contribution >= 0.6 is 11.6 Å². The number of hydrogen-bond acceptors (Lipinski definition) is 2. The lowest BCUT2D eigenvalue weighted by atomic mass is 9.85. The van der Waals surface area contributed by atoms with Crippen molar-refractivity contribution < 1.29 is 15.0 Å². The monoisotopic (exact) mass is 406 g/mol. The maximum Gasteiger partial charge on any atom is 0.303 e. The number of carboxylic acids is 1. The van der Waals surface area contributed by atoms with E-state index in [1.54, 1.807) is 0 Å². The Bertz CT molecular complexity index is 611. The van der Waals surface area contributed by atoms with Crippen molar-refractivity contribution in [2.45, 2.75) is 88.5 Å². The molecule has 0 spiro atoms. The Morgan fingerprint density at radius 1 is 1.14 bits per heavy atom. The Kier molecular flexibility index (Phi) is 10.1. The van der Waals surface area contributed by atoms with Crippen molar-refractivity contribution >= 4 is 17.6 Å². The minimum atomic E-state index is -0.748. The molecule has 2 rings (SSSR count). The fourth-order valence-electron chi connectivity index (χ4n) is 4.23. The number of halogens is 1. The van der Waals surface area contributed by atoms with Gasteiger partial charge in [-0.05, 0) is 55.6 Å². The van der Waals surface area contributed by atoms with E-state index >= 15 is 0 Å². The summed E-state index contributed by atoms with van der Waals surface area (Å²) in [7, 11) is 0. The molecule has 2 N–H and O–H groups in total. The van der Waals surface area contributed by atoms with Gasteiger partial charge < -0.3 is 10.2 Å². The summed E-state index contributed by atoms with van der Waals surface area (Å²) in [6.45, 7) is 2.23. The van der Waals surface area contributed by atoms with Crippen LogP contribution in [0.15, 0.2) is 36.4 Å². The average molecular weight is 407 g/mol. The van der Waals surface area contributed by atoms with Crippen LogP contribution in [0.2, 0.25) is 0 Å². The van der Waals surface area contributed by atoms with Crippen molar-refractivity contribution in [2.75, 3.05) is 0 Å². The summed E-state index contributed by atoms with van der Waals surface area (Å²) in [5.74, 6) is -0.467. The Morgan fingerprint density at radius 2 is 1.89 bits per heavy atom. The van der Waals surface area contributed by atoms with E-state index in [1.165, 1.54) is 36.8 Å². The number of allylic oxidation sites excluding steroid dienone is 2. The molecule has 1 unspecified atom stereocenters. The Labute approximate surface area is 174 Å². The van der Waals surface area contributed by atoms with E-state index < -0.39 is 12.1 Å². The summed E-state index contributed by atoms with van der Waals surface area (Å²) >= 11 is 6.56. The molecule has 1 aromatic rings. The van der Waals surface area contributed by atoms with Gasteiger partial charge >= 0.3 is 5.97 Å². The molecule has 1 fully saturated rings. The number of carbonyl (C=O) groups is 1. The van der Waals surface area contributed by atoms with Crippen molar-refractivity contribution in [2.24, 2.45) is 5.92 Å². The van der Waals surface area contributed by atoms with Gasteiger partial charge in [0.1, 0.15) is 0 Å².